The maximum Gasteiger partial charge on any atom is 0.390 e. The van der Waals surface area contributed by atoms with E-state index in [1.165, 1.54) is 12.1 Å². The van der Waals surface area contributed by atoms with Gasteiger partial charge in [0.2, 0.25) is 0 Å². The van der Waals surface area contributed by atoms with Crippen LogP contribution in [0.2, 0.25) is 5.02 Å². The van der Waals surface area contributed by atoms with Crippen molar-refractivity contribution in [2.24, 2.45) is 0 Å². The first-order valence-electron chi connectivity index (χ1n) is 5.00. The third-order valence-corrected chi connectivity index (χ3v) is 2.41. The van der Waals surface area contributed by atoms with Crippen LogP contribution < -0.4 is 5.32 Å². The Morgan fingerprint density at radius 1 is 1.42 bits per heavy atom. The van der Waals surface area contributed by atoms with E-state index in [4.69, 9.17) is 11.6 Å². The van der Waals surface area contributed by atoms with Crippen LogP contribution in [0.5, 0.6) is 0 Å². The Balaban J connectivity index is 2.83. The number of rotatable bonds is 4. The van der Waals surface area contributed by atoms with E-state index in [9.17, 15) is 28.1 Å². The Kier molecular flexibility index (Phi) is 4.71. The van der Waals surface area contributed by atoms with Crippen LogP contribution in [0.4, 0.5) is 18.9 Å². The van der Waals surface area contributed by atoms with Crippen molar-refractivity contribution in [1.29, 1.82) is 0 Å². The molecule has 0 aromatic heterocycles. The monoisotopic (exact) mass is 296 g/mol. The molecule has 0 heterocycles. The molecule has 1 rings (SSSR count). The molecule has 19 heavy (non-hydrogen) atoms. The minimum atomic E-state index is -4.41. The van der Waals surface area contributed by atoms with Crippen LogP contribution in [0, 0.1) is 10.1 Å². The number of nitro groups is 1. The molecule has 1 N–H and O–H groups in total. The summed E-state index contributed by atoms with van der Waals surface area (Å²) in [6, 6.07) is 3.63. The second kappa shape index (κ2) is 5.87. The molecular formula is C10H8ClF3N2O3. The molecule has 1 aromatic carbocycles. The Morgan fingerprint density at radius 2 is 2.05 bits per heavy atom. The highest BCUT2D eigenvalue weighted by molar-refractivity contribution is 6.33. The number of halogens is 4. The molecule has 0 aliphatic rings. The van der Waals surface area contributed by atoms with Crippen molar-refractivity contribution in [3.8, 4) is 0 Å². The third kappa shape index (κ3) is 4.40. The predicted octanol–water partition coefficient (Wildman–Crippen LogP) is 2.93. The molecule has 0 bridgehead atoms. The van der Waals surface area contributed by atoms with Crippen molar-refractivity contribution in [2.45, 2.75) is 12.6 Å². The maximum atomic E-state index is 11.9. The van der Waals surface area contributed by atoms with E-state index in [0.29, 0.717) is 0 Å². The fourth-order valence-corrected chi connectivity index (χ4v) is 1.54. The number of amides is 1. The zero-order chi connectivity index (χ0) is 14.6. The molecular weight excluding hydrogens is 289 g/mol. The van der Waals surface area contributed by atoms with Crippen LogP contribution in [0.15, 0.2) is 18.2 Å². The highest BCUT2D eigenvalue weighted by atomic mass is 35.5. The highest BCUT2D eigenvalue weighted by Crippen LogP contribution is 2.28. The van der Waals surface area contributed by atoms with Gasteiger partial charge < -0.3 is 5.32 Å². The SMILES string of the molecule is O=C(NCCC(F)(F)F)c1cccc(Cl)c1[N+](=O)[O-]. The molecule has 104 valence electrons. The summed E-state index contributed by atoms with van der Waals surface area (Å²) in [7, 11) is 0. The van der Waals surface area contributed by atoms with Gasteiger partial charge in [-0.1, -0.05) is 17.7 Å². The molecule has 0 aliphatic carbocycles. The number of para-hydroxylation sites is 1. The Bertz CT molecular complexity index is 505. The number of nitrogens with zero attached hydrogens (tertiary/aromatic N) is 1. The summed E-state index contributed by atoms with van der Waals surface area (Å²) in [5.74, 6) is -0.974. The summed E-state index contributed by atoms with van der Waals surface area (Å²) < 4.78 is 35.7. The largest absolute Gasteiger partial charge is 0.390 e. The Labute approximate surface area is 110 Å². The van der Waals surface area contributed by atoms with Crippen LogP contribution in [0.1, 0.15) is 16.8 Å². The van der Waals surface area contributed by atoms with E-state index in [0.717, 1.165) is 6.07 Å². The van der Waals surface area contributed by atoms with Gasteiger partial charge in [0.1, 0.15) is 10.6 Å². The highest BCUT2D eigenvalue weighted by Gasteiger charge is 2.28. The van der Waals surface area contributed by atoms with Gasteiger partial charge in [-0.25, -0.2) is 0 Å². The number of nitrogens with one attached hydrogen (secondary N) is 1. The standard InChI is InChI=1S/C10H8ClF3N2O3/c11-7-3-1-2-6(8(7)16(18)19)9(17)15-5-4-10(12,13)14/h1-3H,4-5H2,(H,15,17). The van der Waals surface area contributed by atoms with Crippen molar-refractivity contribution in [3.05, 3.63) is 38.9 Å². The number of alkyl halides is 3. The molecule has 0 atom stereocenters. The maximum absolute atomic E-state index is 11.9. The molecule has 0 saturated carbocycles. The van der Waals surface area contributed by atoms with Crippen molar-refractivity contribution >= 4 is 23.2 Å². The third-order valence-electron chi connectivity index (χ3n) is 2.11. The van der Waals surface area contributed by atoms with E-state index < -0.39 is 35.7 Å². The van der Waals surface area contributed by atoms with Gasteiger partial charge in [0, 0.05) is 6.54 Å². The van der Waals surface area contributed by atoms with E-state index >= 15 is 0 Å². The molecule has 1 amide bonds. The lowest BCUT2D eigenvalue weighted by atomic mass is 10.1. The summed E-state index contributed by atoms with van der Waals surface area (Å²) in [6.07, 6.45) is -5.62. The summed E-state index contributed by atoms with van der Waals surface area (Å²) in [5.41, 5.74) is -1.01. The molecule has 9 heteroatoms. The van der Waals surface area contributed by atoms with Gasteiger partial charge in [0.25, 0.3) is 5.91 Å². The van der Waals surface area contributed by atoms with Gasteiger partial charge in [-0.05, 0) is 12.1 Å². The van der Waals surface area contributed by atoms with Gasteiger partial charge in [0.05, 0.1) is 11.3 Å². The second-order valence-electron chi connectivity index (χ2n) is 3.51. The number of nitro benzene ring substituents is 1. The van der Waals surface area contributed by atoms with Crippen molar-refractivity contribution in [1.82, 2.24) is 5.32 Å². The Morgan fingerprint density at radius 3 is 2.58 bits per heavy atom. The quantitative estimate of drug-likeness (QED) is 0.686. The predicted molar refractivity (Wildman–Crippen MR) is 61.1 cm³/mol. The number of hydrogen-bond acceptors (Lipinski definition) is 3. The van der Waals surface area contributed by atoms with Gasteiger partial charge in [0.15, 0.2) is 0 Å². The minimum Gasteiger partial charge on any atom is -0.351 e. The molecule has 5 nitrogen and oxygen atoms in total. The average molecular weight is 297 g/mol. The average Bonchev–Trinajstić information content (AvgIpc) is 2.26. The van der Waals surface area contributed by atoms with Gasteiger partial charge >= 0.3 is 11.9 Å². The van der Waals surface area contributed by atoms with E-state index in [-0.39, 0.29) is 10.6 Å². The van der Waals surface area contributed by atoms with E-state index in [1.807, 2.05) is 5.32 Å². The topological polar surface area (TPSA) is 72.2 Å². The molecule has 1 aromatic rings. The summed E-state index contributed by atoms with van der Waals surface area (Å²) in [4.78, 5) is 21.4. The number of carbonyl (C=O) groups excluding carboxylic acids is 1. The van der Waals surface area contributed by atoms with Crippen LogP contribution in [0.25, 0.3) is 0 Å². The number of hydrogen-bond donors (Lipinski definition) is 1. The Hall–Kier alpha value is -1.83. The van der Waals surface area contributed by atoms with Crippen LogP contribution in [-0.4, -0.2) is 23.6 Å². The normalized spacial score (nSPS) is 11.2. The second-order valence-corrected chi connectivity index (χ2v) is 3.92. The van der Waals surface area contributed by atoms with Gasteiger partial charge in [-0.2, -0.15) is 13.2 Å². The zero-order valence-electron chi connectivity index (χ0n) is 9.33. The smallest absolute Gasteiger partial charge is 0.351 e. The first-order chi connectivity index (χ1) is 8.72. The zero-order valence-corrected chi connectivity index (χ0v) is 10.1. The number of carbonyl (C=O) groups is 1. The van der Waals surface area contributed by atoms with Gasteiger partial charge in [-0.15, -0.1) is 0 Å². The van der Waals surface area contributed by atoms with E-state index in [2.05, 4.69) is 0 Å². The lowest BCUT2D eigenvalue weighted by Crippen LogP contribution is -2.28. The molecule has 0 aliphatic heterocycles. The van der Waals surface area contributed by atoms with Crippen LogP contribution in [-0.2, 0) is 0 Å². The van der Waals surface area contributed by atoms with Crippen molar-refractivity contribution in [2.75, 3.05) is 6.54 Å². The molecule has 0 radical (unpaired) electrons. The summed E-state index contributed by atoms with van der Waals surface area (Å²) in [6.45, 7) is -0.661. The fraction of sp³-hybridized carbons (Fsp3) is 0.300. The summed E-state index contributed by atoms with van der Waals surface area (Å²) in [5, 5.41) is 12.4. The molecule has 0 unspecified atom stereocenters. The lowest BCUT2D eigenvalue weighted by Gasteiger charge is -2.08. The van der Waals surface area contributed by atoms with Crippen molar-refractivity contribution < 1.29 is 22.9 Å². The van der Waals surface area contributed by atoms with Crippen LogP contribution in [0.3, 0.4) is 0 Å². The van der Waals surface area contributed by atoms with Crippen molar-refractivity contribution in [3.63, 3.8) is 0 Å². The number of benzene rings is 1. The lowest BCUT2D eigenvalue weighted by molar-refractivity contribution is -0.385. The molecule has 0 fully saturated rings. The fourth-order valence-electron chi connectivity index (χ4n) is 1.30. The van der Waals surface area contributed by atoms with E-state index in [1.54, 1.807) is 0 Å². The first-order valence-corrected chi connectivity index (χ1v) is 5.38. The summed E-state index contributed by atoms with van der Waals surface area (Å²) >= 11 is 5.57. The first kappa shape index (κ1) is 15.2. The minimum absolute atomic E-state index is 0.256. The molecule has 0 spiro atoms. The van der Waals surface area contributed by atoms with Crippen LogP contribution >= 0.6 is 11.6 Å². The molecule has 0 saturated heterocycles. The van der Waals surface area contributed by atoms with Gasteiger partial charge in [-0.3, -0.25) is 14.9 Å².